The van der Waals surface area contributed by atoms with Crippen LogP contribution in [0.15, 0.2) is 47.5 Å². The zero-order valence-corrected chi connectivity index (χ0v) is 19.1. The molecular weight excluding hydrogens is 469 g/mol. The van der Waals surface area contributed by atoms with Gasteiger partial charge in [0.15, 0.2) is 5.96 Å². The molecule has 0 aliphatic heterocycles. The molecule has 0 atom stereocenters. The number of ether oxygens (including phenoxy) is 2. The van der Waals surface area contributed by atoms with E-state index in [9.17, 15) is 4.79 Å². The van der Waals surface area contributed by atoms with Crippen molar-refractivity contribution in [1.29, 1.82) is 0 Å². The summed E-state index contributed by atoms with van der Waals surface area (Å²) in [5.74, 6) is 0.786. The summed E-state index contributed by atoms with van der Waals surface area (Å²) in [5.41, 5.74) is 3.71. The molecule has 2 rings (SSSR count). The quantitative estimate of drug-likeness (QED) is 0.265. The van der Waals surface area contributed by atoms with Crippen molar-refractivity contribution in [2.75, 3.05) is 20.8 Å². The first-order valence-electron chi connectivity index (χ1n) is 8.90. The van der Waals surface area contributed by atoms with Crippen LogP contribution >= 0.6 is 24.0 Å². The van der Waals surface area contributed by atoms with Gasteiger partial charge in [0, 0.05) is 13.1 Å². The van der Waals surface area contributed by atoms with Crippen molar-refractivity contribution in [3.05, 3.63) is 64.7 Å². The molecule has 0 amide bonds. The molecule has 28 heavy (non-hydrogen) atoms. The van der Waals surface area contributed by atoms with Crippen LogP contribution < -0.4 is 15.4 Å². The number of nitrogens with zero attached hydrogens (tertiary/aromatic N) is 1. The van der Waals surface area contributed by atoms with E-state index in [-0.39, 0.29) is 24.0 Å². The van der Waals surface area contributed by atoms with Gasteiger partial charge in [0.2, 0.25) is 0 Å². The van der Waals surface area contributed by atoms with Crippen LogP contribution in [-0.4, -0.2) is 32.7 Å². The van der Waals surface area contributed by atoms with Crippen LogP contribution in [-0.2, 0) is 17.8 Å². The van der Waals surface area contributed by atoms with E-state index < -0.39 is 5.97 Å². The third kappa shape index (κ3) is 7.03. The summed E-state index contributed by atoms with van der Waals surface area (Å²) in [4.78, 5) is 16.5. The highest BCUT2D eigenvalue weighted by Crippen LogP contribution is 2.20. The first-order valence-corrected chi connectivity index (χ1v) is 8.90. The number of hydrogen-bond acceptors (Lipinski definition) is 4. The van der Waals surface area contributed by atoms with Gasteiger partial charge in [0.1, 0.15) is 11.3 Å². The lowest BCUT2D eigenvalue weighted by Crippen LogP contribution is -2.36. The smallest absolute Gasteiger partial charge is 0.341 e. The second-order valence-electron chi connectivity index (χ2n) is 6.06. The number of methoxy groups -OCH3 is 2. The van der Waals surface area contributed by atoms with Crippen LogP contribution in [0.4, 0.5) is 0 Å². The van der Waals surface area contributed by atoms with E-state index in [1.165, 1.54) is 19.8 Å². The number of guanidine groups is 1. The Hall–Kier alpha value is -2.29. The summed E-state index contributed by atoms with van der Waals surface area (Å²) in [6.45, 7) is 5.96. The van der Waals surface area contributed by atoms with Crippen LogP contribution in [0.25, 0.3) is 0 Å². The molecule has 0 aliphatic rings. The second kappa shape index (κ2) is 12.2. The average molecular weight is 497 g/mol. The molecular formula is C21H28IN3O3. The number of carbonyl (C=O) groups excluding carboxylic acids is 1. The van der Waals surface area contributed by atoms with Crippen molar-refractivity contribution in [2.24, 2.45) is 4.99 Å². The number of carbonyl (C=O) groups is 1. The van der Waals surface area contributed by atoms with E-state index in [1.54, 1.807) is 12.1 Å². The van der Waals surface area contributed by atoms with Crippen molar-refractivity contribution < 1.29 is 14.3 Å². The molecule has 0 fully saturated rings. The SMILES string of the molecule is CCNC(=NCc1cccc(C)c1)NCc1ccc(OC)c(C(=O)OC)c1.I. The third-order valence-electron chi connectivity index (χ3n) is 3.98. The maximum atomic E-state index is 11.9. The van der Waals surface area contributed by atoms with Gasteiger partial charge in [-0.15, -0.1) is 24.0 Å². The maximum absolute atomic E-state index is 11.9. The van der Waals surface area contributed by atoms with Crippen LogP contribution in [0, 0.1) is 6.92 Å². The lowest BCUT2D eigenvalue weighted by molar-refractivity contribution is 0.0597. The first kappa shape index (κ1) is 23.7. The molecule has 0 spiro atoms. The number of esters is 1. The highest BCUT2D eigenvalue weighted by molar-refractivity contribution is 14.0. The minimum atomic E-state index is -0.422. The second-order valence-corrected chi connectivity index (χ2v) is 6.06. The van der Waals surface area contributed by atoms with Gasteiger partial charge in [-0.2, -0.15) is 0 Å². The van der Waals surface area contributed by atoms with Gasteiger partial charge in [0.05, 0.1) is 20.8 Å². The van der Waals surface area contributed by atoms with Crippen LogP contribution in [0.2, 0.25) is 0 Å². The van der Waals surface area contributed by atoms with E-state index in [1.807, 2.05) is 19.1 Å². The Morgan fingerprint density at radius 2 is 1.86 bits per heavy atom. The fourth-order valence-corrected chi connectivity index (χ4v) is 2.64. The first-order chi connectivity index (χ1) is 13.1. The monoisotopic (exact) mass is 497 g/mol. The minimum Gasteiger partial charge on any atom is -0.496 e. The maximum Gasteiger partial charge on any atom is 0.341 e. The Balaban J connectivity index is 0.00000392. The number of aliphatic imine (C=N–C) groups is 1. The summed E-state index contributed by atoms with van der Waals surface area (Å²) in [7, 11) is 2.88. The van der Waals surface area contributed by atoms with E-state index >= 15 is 0 Å². The van der Waals surface area contributed by atoms with Crippen LogP contribution in [0.5, 0.6) is 5.75 Å². The molecule has 0 aromatic heterocycles. The van der Waals surface area contributed by atoms with Gasteiger partial charge >= 0.3 is 5.97 Å². The molecule has 0 bridgehead atoms. The summed E-state index contributed by atoms with van der Waals surface area (Å²) < 4.78 is 10.0. The van der Waals surface area contributed by atoms with Crippen molar-refractivity contribution in [1.82, 2.24) is 10.6 Å². The lowest BCUT2D eigenvalue weighted by atomic mass is 10.1. The molecule has 7 heteroatoms. The Morgan fingerprint density at radius 1 is 1.07 bits per heavy atom. The molecule has 152 valence electrons. The number of halogens is 1. The van der Waals surface area contributed by atoms with E-state index in [2.05, 4.69) is 40.7 Å². The molecule has 0 radical (unpaired) electrons. The Kier molecular flexibility index (Phi) is 10.4. The molecule has 2 aromatic carbocycles. The largest absolute Gasteiger partial charge is 0.496 e. The molecule has 0 unspecified atom stereocenters. The predicted octanol–water partition coefficient (Wildman–Crippen LogP) is 3.66. The van der Waals surface area contributed by atoms with Gasteiger partial charge < -0.3 is 20.1 Å². The minimum absolute atomic E-state index is 0. The fourth-order valence-electron chi connectivity index (χ4n) is 2.64. The van der Waals surface area contributed by atoms with Crippen molar-refractivity contribution in [2.45, 2.75) is 26.9 Å². The average Bonchev–Trinajstić information content (AvgIpc) is 2.69. The summed E-state index contributed by atoms with van der Waals surface area (Å²) in [6, 6.07) is 13.7. The van der Waals surface area contributed by atoms with Crippen LogP contribution in [0.1, 0.15) is 34.0 Å². The number of hydrogen-bond donors (Lipinski definition) is 2. The number of rotatable bonds is 7. The van der Waals surface area contributed by atoms with E-state index in [0.717, 1.165) is 23.6 Å². The van der Waals surface area contributed by atoms with Gasteiger partial charge in [-0.1, -0.05) is 35.9 Å². The van der Waals surface area contributed by atoms with Crippen molar-refractivity contribution >= 4 is 35.9 Å². The Labute approximate surface area is 183 Å². The van der Waals surface area contributed by atoms with Gasteiger partial charge in [-0.25, -0.2) is 9.79 Å². The Bertz CT molecular complexity index is 809. The molecule has 6 nitrogen and oxygen atoms in total. The molecule has 2 N–H and O–H groups in total. The van der Waals surface area contributed by atoms with Gasteiger partial charge in [0.25, 0.3) is 0 Å². The predicted molar refractivity (Wildman–Crippen MR) is 123 cm³/mol. The topological polar surface area (TPSA) is 72.0 Å². The summed E-state index contributed by atoms with van der Waals surface area (Å²) in [5, 5.41) is 6.52. The zero-order valence-electron chi connectivity index (χ0n) is 16.7. The number of aryl methyl sites for hydroxylation is 1. The van der Waals surface area contributed by atoms with Crippen molar-refractivity contribution in [3.63, 3.8) is 0 Å². The van der Waals surface area contributed by atoms with E-state index in [0.29, 0.717) is 24.4 Å². The summed E-state index contributed by atoms with van der Waals surface area (Å²) in [6.07, 6.45) is 0. The Morgan fingerprint density at radius 3 is 2.50 bits per heavy atom. The molecule has 0 saturated carbocycles. The van der Waals surface area contributed by atoms with Gasteiger partial charge in [-0.3, -0.25) is 0 Å². The molecule has 0 aliphatic carbocycles. The number of nitrogens with one attached hydrogen (secondary N) is 2. The van der Waals surface area contributed by atoms with Crippen molar-refractivity contribution in [3.8, 4) is 5.75 Å². The fraction of sp³-hybridized carbons (Fsp3) is 0.333. The highest BCUT2D eigenvalue weighted by atomic mass is 127. The van der Waals surface area contributed by atoms with E-state index in [4.69, 9.17) is 9.47 Å². The molecule has 2 aromatic rings. The molecule has 0 saturated heterocycles. The standard InChI is InChI=1S/C21H27N3O3.HI/c1-5-22-21(23-13-16-8-6-7-15(2)11-16)24-14-17-9-10-19(26-3)18(12-17)20(25)27-4;/h6-12H,5,13-14H2,1-4H3,(H2,22,23,24);1H. The lowest BCUT2D eigenvalue weighted by Gasteiger charge is -2.13. The summed E-state index contributed by atoms with van der Waals surface area (Å²) >= 11 is 0. The molecule has 0 heterocycles. The van der Waals surface area contributed by atoms with Gasteiger partial charge in [-0.05, 0) is 37.1 Å². The highest BCUT2D eigenvalue weighted by Gasteiger charge is 2.13. The van der Waals surface area contributed by atoms with Crippen LogP contribution in [0.3, 0.4) is 0 Å². The number of benzene rings is 2. The third-order valence-corrected chi connectivity index (χ3v) is 3.98. The zero-order chi connectivity index (χ0) is 19.6. The normalized spacial score (nSPS) is 10.6.